The van der Waals surface area contributed by atoms with Gasteiger partial charge in [-0.15, -0.1) is 0 Å². The van der Waals surface area contributed by atoms with Crippen molar-refractivity contribution >= 4 is 11.7 Å². The van der Waals surface area contributed by atoms with E-state index in [1.807, 2.05) is 31.2 Å². The Morgan fingerprint density at radius 1 is 1.03 bits per heavy atom. The molecule has 150 valence electrons. The monoisotopic (exact) mass is 395 g/mol. The van der Waals surface area contributed by atoms with Crippen LogP contribution in [-0.4, -0.2) is 17.6 Å². The molecule has 1 aromatic heterocycles. The van der Waals surface area contributed by atoms with E-state index in [1.165, 1.54) is 24.3 Å². The van der Waals surface area contributed by atoms with Crippen LogP contribution >= 0.6 is 0 Å². The maximum atomic E-state index is 13.0. The minimum Gasteiger partial charge on any atom is -0.490 e. The van der Waals surface area contributed by atoms with Crippen LogP contribution in [0, 0.1) is 5.82 Å². The summed E-state index contributed by atoms with van der Waals surface area (Å²) in [7, 11) is 0. The molecule has 0 fully saturated rings. The number of urea groups is 1. The predicted molar refractivity (Wildman–Crippen MR) is 109 cm³/mol. The molecule has 3 aromatic rings. The van der Waals surface area contributed by atoms with Gasteiger partial charge >= 0.3 is 6.03 Å². The van der Waals surface area contributed by atoms with Crippen LogP contribution in [0.4, 0.5) is 14.9 Å². The Morgan fingerprint density at radius 3 is 2.55 bits per heavy atom. The summed E-state index contributed by atoms with van der Waals surface area (Å²) in [6.45, 7) is 2.82. The van der Waals surface area contributed by atoms with Gasteiger partial charge in [0.05, 0.1) is 6.61 Å². The number of para-hydroxylation sites is 2. The van der Waals surface area contributed by atoms with Crippen molar-refractivity contribution in [2.24, 2.45) is 0 Å². The fraction of sp³-hybridized carbons (Fsp3) is 0.182. The Morgan fingerprint density at radius 2 is 1.79 bits per heavy atom. The number of amides is 2. The number of hydrogen-bond acceptors (Lipinski definition) is 4. The molecular formula is C22H22FN3O3. The van der Waals surface area contributed by atoms with Crippen molar-refractivity contribution < 1.29 is 18.7 Å². The molecule has 0 atom stereocenters. The summed E-state index contributed by atoms with van der Waals surface area (Å²) in [6, 6.07) is 16.1. The minimum absolute atomic E-state index is 0.203. The van der Waals surface area contributed by atoms with Crippen molar-refractivity contribution in [3.05, 3.63) is 78.2 Å². The molecule has 29 heavy (non-hydrogen) atoms. The molecule has 0 bridgehead atoms. The molecule has 0 spiro atoms. The second-order valence-corrected chi connectivity index (χ2v) is 6.18. The van der Waals surface area contributed by atoms with E-state index in [1.54, 1.807) is 18.3 Å². The van der Waals surface area contributed by atoms with Crippen molar-refractivity contribution in [2.75, 3.05) is 11.9 Å². The number of ether oxygens (including phenoxy) is 2. The Labute approximate surface area is 168 Å². The van der Waals surface area contributed by atoms with E-state index in [9.17, 15) is 9.18 Å². The number of benzene rings is 2. The van der Waals surface area contributed by atoms with Crippen LogP contribution in [0.25, 0.3) is 0 Å². The van der Waals surface area contributed by atoms with E-state index in [0.717, 1.165) is 6.42 Å². The largest absolute Gasteiger partial charge is 0.490 e. The number of aromatic nitrogens is 1. The number of halogens is 1. The molecule has 2 N–H and O–H groups in total. The van der Waals surface area contributed by atoms with Gasteiger partial charge in [-0.05, 0) is 48.9 Å². The molecule has 0 unspecified atom stereocenters. The van der Waals surface area contributed by atoms with E-state index < -0.39 is 6.03 Å². The molecule has 0 aliphatic carbocycles. The van der Waals surface area contributed by atoms with Gasteiger partial charge in [0, 0.05) is 24.0 Å². The molecule has 3 rings (SSSR count). The summed E-state index contributed by atoms with van der Waals surface area (Å²) >= 11 is 0. The third kappa shape index (κ3) is 5.93. The Balaban J connectivity index is 1.65. The maximum absolute atomic E-state index is 13.0. The van der Waals surface area contributed by atoms with Gasteiger partial charge in [-0.3, -0.25) is 0 Å². The van der Waals surface area contributed by atoms with Crippen LogP contribution in [0.5, 0.6) is 17.4 Å². The molecule has 0 aliphatic heterocycles. The number of rotatable bonds is 8. The van der Waals surface area contributed by atoms with Crippen LogP contribution in [-0.2, 0) is 6.54 Å². The zero-order valence-corrected chi connectivity index (χ0v) is 16.0. The zero-order chi connectivity index (χ0) is 20.5. The fourth-order valence-electron chi connectivity index (χ4n) is 2.50. The lowest BCUT2D eigenvalue weighted by atomic mass is 10.2. The lowest BCUT2D eigenvalue weighted by molar-refractivity contribution is 0.251. The second kappa shape index (κ2) is 10.1. The van der Waals surface area contributed by atoms with Gasteiger partial charge in [0.15, 0.2) is 11.5 Å². The molecule has 1 heterocycles. The molecule has 0 saturated heterocycles. The summed E-state index contributed by atoms with van der Waals surface area (Å²) < 4.78 is 24.6. The maximum Gasteiger partial charge on any atom is 0.319 e. The van der Waals surface area contributed by atoms with Crippen LogP contribution in [0.1, 0.15) is 18.9 Å². The highest BCUT2D eigenvalue weighted by Gasteiger charge is 2.11. The van der Waals surface area contributed by atoms with Crippen LogP contribution in [0.3, 0.4) is 0 Å². The summed E-state index contributed by atoms with van der Waals surface area (Å²) in [5.41, 5.74) is 1.20. The van der Waals surface area contributed by atoms with E-state index in [0.29, 0.717) is 35.2 Å². The smallest absolute Gasteiger partial charge is 0.319 e. The van der Waals surface area contributed by atoms with Gasteiger partial charge in [-0.1, -0.05) is 25.1 Å². The first-order valence-corrected chi connectivity index (χ1v) is 9.29. The van der Waals surface area contributed by atoms with E-state index in [2.05, 4.69) is 15.6 Å². The number of nitrogens with one attached hydrogen (secondary N) is 2. The van der Waals surface area contributed by atoms with Crippen molar-refractivity contribution in [3.63, 3.8) is 0 Å². The summed E-state index contributed by atoms with van der Waals surface area (Å²) in [4.78, 5) is 16.4. The van der Waals surface area contributed by atoms with Gasteiger partial charge in [-0.25, -0.2) is 14.2 Å². The SMILES string of the molecule is CCCOc1ccccc1Oc1ncccc1CNC(=O)Nc1ccc(F)cc1. The average Bonchev–Trinajstić information content (AvgIpc) is 2.74. The Kier molecular flexibility index (Phi) is 7.00. The van der Waals surface area contributed by atoms with Crippen molar-refractivity contribution in [1.29, 1.82) is 0 Å². The van der Waals surface area contributed by atoms with Gasteiger partial charge in [0.2, 0.25) is 5.88 Å². The molecule has 2 amide bonds. The number of carbonyl (C=O) groups excluding carboxylic acids is 1. The molecule has 0 radical (unpaired) electrons. The summed E-state index contributed by atoms with van der Waals surface area (Å²) in [6.07, 6.45) is 2.50. The molecule has 2 aromatic carbocycles. The van der Waals surface area contributed by atoms with E-state index >= 15 is 0 Å². The third-order valence-electron chi connectivity index (χ3n) is 3.91. The second-order valence-electron chi connectivity index (χ2n) is 6.18. The van der Waals surface area contributed by atoms with Gasteiger partial charge in [0.25, 0.3) is 0 Å². The van der Waals surface area contributed by atoms with Gasteiger partial charge in [-0.2, -0.15) is 0 Å². The fourth-order valence-corrected chi connectivity index (χ4v) is 2.50. The van der Waals surface area contributed by atoms with Crippen LogP contribution in [0.15, 0.2) is 66.9 Å². The van der Waals surface area contributed by atoms with Gasteiger partial charge in [0.1, 0.15) is 5.82 Å². The third-order valence-corrected chi connectivity index (χ3v) is 3.91. The van der Waals surface area contributed by atoms with Crippen LogP contribution < -0.4 is 20.1 Å². The zero-order valence-electron chi connectivity index (χ0n) is 16.0. The number of anilines is 1. The highest BCUT2D eigenvalue weighted by molar-refractivity contribution is 5.89. The molecule has 0 saturated carbocycles. The van der Waals surface area contributed by atoms with Crippen molar-refractivity contribution in [2.45, 2.75) is 19.9 Å². The van der Waals surface area contributed by atoms with E-state index in [-0.39, 0.29) is 12.4 Å². The topological polar surface area (TPSA) is 72.5 Å². The van der Waals surface area contributed by atoms with E-state index in [4.69, 9.17) is 9.47 Å². The minimum atomic E-state index is -0.418. The van der Waals surface area contributed by atoms with Crippen molar-refractivity contribution in [3.8, 4) is 17.4 Å². The quantitative estimate of drug-likeness (QED) is 0.555. The Bertz CT molecular complexity index is 948. The number of carbonyl (C=O) groups is 1. The lowest BCUT2D eigenvalue weighted by Gasteiger charge is -2.14. The first-order valence-electron chi connectivity index (χ1n) is 9.29. The standard InChI is InChI=1S/C22H22FN3O3/c1-2-14-28-19-7-3-4-8-20(19)29-21-16(6-5-13-24-21)15-25-22(27)26-18-11-9-17(23)10-12-18/h3-13H,2,14-15H2,1H3,(H2,25,26,27). The summed E-state index contributed by atoms with van der Waals surface area (Å²) in [5, 5.41) is 5.38. The molecular weight excluding hydrogens is 373 g/mol. The first kappa shape index (κ1) is 20.1. The number of nitrogens with zero attached hydrogens (tertiary/aromatic N) is 1. The lowest BCUT2D eigenvalue weighted by Crippen LogP contribution is -2.28. The number of pyridine rings is 1. The Hall–Kier alpha value is -3.61. The highest BCUT2D eigenvalue weighted by atomic mass is 19.1. The molecule has 6 nitrogen and oxygen atoms in total. The average molecular weight is 395 g/mol. The van der Waals surface area contributed by atoms with Crippen molar-refractivity contribution in [1.82, 2.24) is 10.3 Å². The first-order chi connectivity index (χ1) is 14.2. The molecule has 0 aliphatic rings. The van der Waals surface area contributed by atoms with Crippen LogP contribution in [0.2, 0.25) is 0 Å². The summed E-state index contributed by atoms with van der Waals surface area (Å²) in [5.74, 6) is 1.20. The predicted octanol–water partition coefficient (Wildman–Crippen LogP) is 5.12. The molecule has 7 heteroatoms. The highest BCUT2D eigenvalue weighted by Crippen LogP contribution is 2.31. The normalized spacial score (nSPS) is 10.3. The van der Waals surface area contributed by atoms with Gasteiger partial charge < -0.3 is 20.1 Å². The number of hydrogen-bond donors (Lipinski definition) is 2.